The molecule has 0 spiro atoms. The van der Waals surface area contributed by atoms with Crippen molar-refractivity contribution in [1.29, 1.82) is 0 Å². The molecule has 1 aliphatic heterocycles. The van der Waals surface area contributed by atoms with Crippen LogP contribution in [0, 0.1) is 0 Å². The lowest BCUT2D eigenvalue weighted by atomic mass is 10.2. The fourth-order valence-corrected chi connectivity index (χ4v) is 3.44. The van der Waals surface area contributed by atoms with Crippen molar-refractivity contribution in [2.24, 2.45) is 0 Å². The lowest BCUT2D eigenvalue weighted by Gasteiger charge is -2.08. The number of carbonyl (C=O) groups is 1. The number of hydrogen-bond acceptors (Lipinski definition) is 3. The van der Waals surface area contributed by atoms with E-state index in [9.17, 15) is 13.6 Å². The maximum absolute atomic E-state index is 12.4. The molecule has 0 aliphatic carbocycles. The summed E-state index contributed by atoms with van der Waals surface area (Å²) in [7, 11) is 0. The molecule has 0 radical (unpaired) electrons. The van der Waals surface area contributed by atoms with Crippen molar-refractivity contribution >= 4 is 22.6 Å². The Labute approximate surface area is 155 Å². The molecule has 27 heavy (non-hydrogen) atoms. The first-order valence-electron chi connectivity index (χ1n) is 8.95. The Balaban J connectivity index is 1.55. The number of hydrogen-bond donors (Lipinski definition) is 1. The normalized spacial score (nSPS) is 14.0. The maximum Gasteiger partial charge on any atom is 0.387 e. The van der Waals surface area contributed by atoms with Gasteiger partial charge in [-0.3, -0.25) is 4.79 Å². The molecule has 3 aromatic rings. The highest BCUT2D eigenvalue weighted by Gasteiger charge is 2.15. The summed E-state index contributed by atoms with van der Waals surface area (Å²) >= 11 is 0. The lowest BCUT2D eigenvalue weighted by molar-refractivity contribution is -0.0498. The SMILES string of the molecule is O=C(Nc1ccc2c(c1)nc1n2CCCCC1)c1cccc(OC(F)F)c1. The zero-order chi connectivity index (χ0) is 18.8. The molecule has 1 N–H and O–H groups in total. The highest BCUT2D eigenvalue weighted by atomic mass is 19.3. The summed E-state index contributed by atoms with van der Waals surface area (Å²) in [5.41, 5.74) is 2.77. The fourth-order valence-electron chi connectivity index (χ4n) is 3.44. The number of aromatic nitrogens is 2. The Morgan fingerprint density at radius 1 is 1.15 bits per heavy atom. The molecule has 1 amide bonds. The maximum atomic E-state index is 12.4. The molecule has 0 saturated heterocycles. The molecule has 0 bridgehead atoms. The van der Waals surface area contributed by atoms with Crippen molar-refractivity contribution in [2.75, 3.05) is 5.32 Å². The number of amides is 1. The Morgan fingerprint density at radius 2 is 2.04 bits per heavy atom. The number of rotatable bonds is 4. The fraction of sp³-hybridized carbons (Fsp3) is 0.300. The Bertz CT molecular complexity index is 985. The van der Waals surface area contributed by atoms with Crippen molar-refractivity contribution in [1.82, 2.24) is 9.55 Å². The van der Waals surface area contributed by atoms with Crippen molar-refractivity contribution in [3.63, 3.8) is 0 Å². The molecule has 140 valence electrons. The van der Waals surface area contributed by atoms with Crippen LogP contribution in [0.2, 0.25) is 0 Å². The van der Waals surface area contributed by atoms with E-state index in [-0.39, 0.29) is 11.3 Å². The Morgan fingerprint density at radius 3 is 2.89 bits per heavy atom. The van der Waals surface area contributed by atoms with Gasteiger partial charge in [-0.15, -0.1) is 0 Å². The number of nitrogens with one attached hydrogen (secondary N) is 1. The molecule has 0 atom stereocenters. The van der Waals surface area contributed by atoms with Crippen LogP contribution in [0.15, 0.2) is 42.5 Å². The van der Waals surface area contributed by atoms with Crippen LogP contribution in [-0.2, 0) is 13.0 Å². The average molecular weight is 371 g/mol. The number of fused-ring (bicyclic) bond motifs is 3. The predicted molar refractivity (Wildman–Crippen MR) is 98.3 cm³/mol. The van der Waals surface area contributed by atoms with Crippen LogP contribution in [-0.4, -0.2) is 22.1 Å². The van der Waals surface area contributed by atoms with Gasteiger partial charge in [-0.1, -0.05) is 12.5 Å². The smallest absolute Gasteiger partial charge is 0.387 e. The van der Waals surface area contributed by atoms with E-state index >= 15 is 0 Å². The van der Waals surface area contributed by atoms with E-state index in [2.05, 4.69) is 14.6 Å². The molecule has 2 heterocycles. The number of halogens is 2. The number of anilines is 1. The van der Waals surface area contributed by atoms with Gasteiger partial charge in [-0.2, -0.15) is 8.78 Å². The van der Waals surface area contributed by atoms with E-state index in [1.165, 1.54) is 24.6 Å². The number of benzene rings is 2. The van der Waals surface area contributed by atoms with Gasteiger partial charge >= 0.3 is 6.61 Å². The first-order chi connectivity index (χ1) is 13.1. The molecule has 1 aliphatic rings. The zero-order valence-corrected chi connectivity index (χ0v) is 14.6. The second-order valence-corrected chi connectivity index (χ2v) is 6.55. The van der Waals surface area contributed by atoms with Crippen molar-refractivity contribution in [3.8, 4) is 5.75 Å². The molecular weight excluding hydrogens is 352 g/mol. The largest absolute Gasteiger partial charge is 0.435 e. The molecule has 0 saturated carbocycles. The van der Waals surface area contributed by atoms with Crippen LogP contribution >= 0.6 is 0 Å². The molecule has 1 aromatic heterocycles. The van der Waals surface area contributed by atoms with Gasteiger partial charge in [0.15, 0.2) is 0 Å². The molecule has 7 heteroatoms. The van der Waals surface area contributed by atoms with E-state index in [0.717, 1.165) is 42.7 Å². The molecule has 0 unspecified atom stereocenters. The Kier molecular flexibility index (Phi) is 4.75. The number of ether oxygens (including phenoxy) is 1. The number of alkyl halides is 2. The minimum Gasteiger partial charge on any atom is -0.435 e. The first kappa shape index (κ1) is 17.5. The summed E-state index contributed by atoms with van der Waals surface area (Å²) < 4.78 is 31.3. The number of imidazole rings is 1. The minimum atomic E-state index is -2.93. The average Bonchev–Trinajstić information content (AvgIpc) is 2.81. The standard InChI is InChI=1S/C20H19F2N3O2/c21-20(22)27-15-6-4-5-13(11-15)19(26)23-14-8-9-17-16(12-14)24-18-7-2-1-3-10-25(17)18/h4-6,8-9,11-12,20H,1-3,7,10H2,(H,23,26). The van der Waals surface area contributed by atoms with Gasteiger partial charge in [0.05, 0.1) is 11.0 Å². The van der Waals surface area contributed by atoms with Crippen molar-refractivity contribution in [2.45, 2.75) is 38.8 Å². The zero-order valence-electron chi connectivity index (χ0n) is 14.6. The highest BCUT2D eigenvalue weighted by molar-refractivity contribution is 6.05. The van der Waals surface area contributed by atoms with Crippen LogP contribution in [0.5, 0.6) is 5.75 Å². The quantitative estimate of drug-likeness (QED) is 0.728. The third-order valence-electron chi connectivity index (χ3n) is 4.69. The van der Waals surface area contributed by atoms with Gasteiger partial charge in [0.25, 0.3) is 5.91 Å². The summed E-state index contributed by atoms with van der Waals surface area (Å²) in [6, 6.07) is 11.4. The van der Waals surface area contributed by atoms with E-state index in [1.807, 2.05) is 18.2 Å². The van der Waals surface area contributed by atoms with Crippen LogP contribution in [0.4, 0.5) is 14.5 Å². The van der Waals surface area contributed by atoms with Crippen LogP contribution in [0.3, 0.4) is 0 Å². The summed E-state index contributed by atoms with van der Waals surface area (Å²) in [4.78, 5) is 17.2. The summed E-state index contributed by atoms with van der Waals surface area (Å²) in [5, 5.41) is 2.79. The van der Waals surface area contributed by atoms with Gasteiger partial charge in [-0.05, 0) is 49.2 Å². The number of carbonyl (C=O) groups excluding carboxylic acids is 1. The Hall–Kier alpha value is -2.96. The van der Waals surface area contributed by atoms with Crippen LogP contribution in [0.1, 0.15) is 35.4 Å². The highest BCUT2D eigenvalue weighted by Crippen LogP contribution is 2.25. The molecular formula is C20H19F2N3O2. The van der Waals surface area contributed by atoms with E-state index in [4.69, 9.17) is 4.98 Å². The van der Waals surface area contributed by atoms with Crippen molar-refractivity contribution < 1.29 is 18.3 Å². The molecule has 4 rings (SSSR count). The molecule has 0 fully saturated rings. The third-order valence-corrected chi connectivity index (χ3v) is 4.69. The van der Waals surface area contributed by atoms with Gasteiger partial charge in [-0.25, -0.2) is 4.98 Å². The third kappa shape index (κ3) is 3.77. The molecule has 5 nitrogen and oxygen atoms in total. The van der Waals surface area contributed by atoms with E-state index in [0.29, 0.717) is 5.69 Å². The van der Waals surface area contributed by atoms with Gasteiger partial charge in [0.2, 0.25) is 0 Å². The van der Waals surface area contributed by atoms with E-state index < -0.39 is 12.5 Å². The topological polar surface area (TPSA) is 56.2 Å². The van der Waals surface area contributed by atoms with Gasteiger partial charge in [0, 0.05) is 24.2 Å². The minimum absolute atomic E-state index is 0.0501. The monoisotopic (exact) mass is 371 g/mol. The summed E-state index contributed by atoms with van der Waals surface area (Å²) in [6.07, 6.45) is 4.47. The second kappa shape index (κ2) is 7.34. The predicted octanol–water partition coefficient (Wildman–Crippen LogP) is 4.62. The van der Waals surface area contributed by atoms with Crippen LogP contribution < -0.4 is 10.1 Å². The van der Waals surface area contributed by atoms with Gasteiger partial charge in [0.1, 0.15) is 11.6 Å². The first-order valence-corrected chi connectivity index (χ1v) is 8.95. The van der Waals surface area contributed by atoms with E-state index in [1.54, 1.807) is 6.07 Å². The lowest BCUT2D eigenvalue weighted by Crippen LogP contribution is -2.12. The number of nitrogens with zero attached hydrogens (tertiary/aromatic N) is 2. The summed E-state index contributed by atoms with van der Waals surface area (Å²) in [6.45, 7) is -1.96. The second-order valence-electron chi connectivity index (χ2n) is 6.55. The summed E-state index contributed by atoms with van der Waals surface area (Å²) in [5.74, 6) is 0.642. The van der Waals surface area contributed by atoms with Crippen LogP contribution in [0.25, 0.3) is 11.0 Å². The van der Waals surface area contributed by atoms with Gasteiger partial charge < -0.3 is 14.6 Å². The number of aryl methyl sites for hydroxylation is 2. The van der Waals surface area contributed by atoms with Crippen molar-refractivity contribution in [3.05, 3.63) is 53.9 Å². The molecule has 2 aromatic carbocycles.